The van der Waals surface area contributed by atoms with Gasteiger partial charge in [0.2, 0.25) is 0 Å². The van der Waals surface area contributed by atoms with Crippen LogP contribution in [0.15, 0.2) is 23.0 Å². The highest BCUT2D eigenvalue weighted by Gasteiger charge is 2.30. The second kappa shape index (κ2) is 11.1. The number of ether oxygens (including phenoxy) is 2. The summed E-state index contributed by atoms with van der Waals surface area (Å²) >= 11 is 1.43. The van der Waals surface area contributed by atoms with Crippen molar-refractivity contribution in [2.75, 3.05) is 27.2 Å². The number of likely N-dealkylation sites (N-methyl/N-ethyl adjacent to an activating group) is 1. The van der Waals surface area contributed by atoms with E-state index in [0.717, 1.165) is 13.0 Å². The molecule has 1 aliphatic heterocycles. The van der Waals surface area contributed by atoms with Gasteiger partial charge in [-0.3, -0.25) is 14.9 Å². The summed E-state index contributed by atoms with van der Waals surface area (Å²) in [7, 11) is 3.08. The van der Waals surface area contributed by atoms with Crippen LogP contribution in [0.25, 0.3) is 0 Å². The van der Waals surface area contributed by atoms with E-state index < -0.39 is 10.8 Å². The first-order chi connectivity index (χ1) is 13.0. The fourth-order valence-corrected chi connectivity index (χ4v) is 3.47. The smallest absolute Gasteiger partial charge is 0.286 e. The fourth-order valence-electron chi connectivity index (χ4n) is 2.93. The Labute approximate surface area is 184 Å². The largest absolute Gasteiger partial charge is 0.493 e. The van der Waals surface area contributed by atoms with Gasteiger partial charge in [0.15, 0.2) is 11.5 Å². The molecular formula is C17H22Cl2N4O5S. The number of nitrogens with one attached hydrogen (secondary N) is 1. The van der Waals surface area contributed by atoms with Gasteiger partial charge in [0, 0.05) is 31.1 Å². The average molecular weight is 465 g/mol. The molecule has 0 saturated carbocycles. The molecule has 1 aliphatic rings. The van der Waals surface area contributed by atoms with E-state index in [-0.39, 0.29) is 60.2 Å². The van der Waals surface area contributed by atoms with Crippen molar-refractivity contribution >= 4 is 47.7 Å². The van der Waals surface area contributed by atoms with Crippen molar-refractivity contribution in [1.29, 1.82) is 0 Å². The number of hydrogen-bond donors (Lipinski definition) is 1. The van der Waals surface area contributed by atoms with E-state index in [0.29, 0.717) is 12.2 Å². The van der Waals surface area contributed by atoms with E-state index in [2.05, 4.69) is 10.3 Å². The lowest BCUT2D eigenvalue weighted by Gasteiger charge is -2.24. The number of halogens is 2. The molecule has 0 bridgehead atoms. The van der Waals surface area contributed by atoms with Crippen LogP contribution in [0.2, 0.25) is 0 Å². The Bertz CT molecular complexity index is 831. The highest BCUT2D eigenvalue weighted by molar-refractivity contribution is 7.07. The first-order valence-electron chi connectivity index (χ1n) is 8.35. The number of aromatic nitrogens is 1. The molecule has 12 heteroatoms. The molecule has 29 heavy (non-hydrogen) atoms. The van der Waals surface area contributed by atoms with Gasteiger partial charge in [-0.15, -0.1) is 36.2 Å². The van der Waals surface area contributed by atoms with E-state index in [1.807, 2.05) is 5.38 Å². The summed E-state index contributed by atoms with van der Waals surface area (Å²) in [5, 5.41) is 16.6. The normalized spacial score (nSPS) is 15.0. The van der Waals surface area contributed by atoms with Crippen molar-refractivity contribution in [3.8, 4) is 11.5 Å². The van der Waals surface area contributed by atoms with Crippen LogP contribution in [-0.4, -0.2) is 54.0 Å². The molecule has 160 valence electrons. The maximum Gasteiger partial charge on any atom is 0.286 e. The van der Waals surface area contributed by atoms with Crippen LogP contribution in [0.1, 0.15) is 22.5 Å². The third kappa shape index (κ3) is 5.69. The first-order valence-corrected chi connectivity index (χ1v) is 9.29. The summed E-state index contributed by atoms with van der Waals surface area (Å²) in [5.74, 6) is 0.0378. The summed E-state index contributed by atoms with van der Waals surface area (Å²) in [4.78, 5) is 29.5. The number of nitro benzene ring substituents is 1. The molecule has 0 aliphatic carbocycles. The highest BCUT2D eigenvalue weighted by atomic mass is 35.5. The fraction of sp³-hybridized carbons (Fsp3) is 0.412. The number of carbonyl (C=O) groups excluding carboxylic acids is 1. The number of nitro groups is 1. The molecule has 0 spiro atoms. The van der Waals surface area contributed by atoms with Gasteiger partial charge < -0.3 is 19.7 Å². The number of benzene rings is 1. The molecule has 1 amide bonds. The Morgan fingerprint density at radius 3 is 2.72 bits per heavy atom. The molecular weight excluding hydrogens is 443 g/mol. The summed E-state index contributed by atoms with van der Waals surface area (Å²) in [6.45, 7) is 1.64. The minimum Gasteiger partial charge on any atom is -0.493 e. The van der Waals surface area contributed by atoms with Crippen molar-refractivity contribution in [2.45, 2.75) is 19.1 Å². The number of rotatable bonds is 7. The minimum absolute atomic E-state index is 0. The van der Waals surface area contributed by atoms with Gasteiger partial charge in [0.05, 0.1) is 29.3 Å². The minimum atomic E-state index is -0.580. The number of methoxy groups -OCH3 is 1. The van der Waals surface area contributed by atoms with Gasteiger partial charge in [-0.05, 0) is 13.0 Å². The van der Waals surface area contributed by atoms with E-state index in [4.69, 9.17) is 9.47 Å². The van der Waals surface area contributed by atoms with Gasteiger partial charge in [0.25, 0.3) is 11.6 Å². The maximum absolute atomic E-state index is 12.9. The zero-order valence-corrected chi connectivity index (χ0v) is 18.3. The van der Waals surface area contributed by atoms with E-state index >= 15 is 0 Å². The zero-order chi connectivity index (χ0) is 19.4. The lowest BCUT2D eigenvalue weighted by molar-refractivity contribution is -0.385. The van der Waals surface area contributed by atoms with Crippen molar-refractivity contribution in [3.05, 3.63) is 44.4 Å². The van der Waals surface area contributed by atoms with E-state index in [1.54, 1.807) is 12.6 Å². The number of amides is 1. The molecule has 1 N–H and O–H groups in total. The maximum atomic E-state index is 12.9. The molecule has 1 aromatic heterocycles. The number of carbonyl (C=O) groups is 1. The second-order valence-corrected chi connectivity index (χ2v) is 6.83. The predicted molar refractivity (Wildman–Crippen MR) is 114 cm³/mol. The van der Waals surface area contributed by atoms with Crippen LogP contribution < -0.4 is 14.8 Å². The average Bonchev–Trinajstić information content (AvgIpc) is 3.38. The Kier molecular flexibility index (Phi) is 9.57. The van der Waals surface area contributed by atoms with Crippen molar-refractivity contribution in [1.82, 2.24) is 15.2 Å². The molecule has 2 heterocycles. The zero-order valence-electron chi connectivity index (χ0n) is 15.8. The van der Waals surface area contributed by atoms with Crippen molar-refractivity contribution in [3.63, 3.8) is 0 Å². The van der Waals surface area contributed by atoms with Crippen molar-refractivity contribution < 1.29 is 19.2 Å². The van der Waals surface area contributed by atoms with Crippen LogP contribution in [0.4, 0.5) is 5.69 Å². The lowest BCUT2D eigenvalue weighted by atomic mass is 10.1. The molecule has 3 rings (SSSR count). The molecule has 1 aromatic carbocycles. The molecule has 1 fully saturated rings. The molecule has 1 atom stereocenters. The van der Waals surface area contributed by atoms with Gasteiger partial charge in [-0.1, -0.05) is 0 Å². The third-order valence-electron chi connectivity index (χ3n) is 4.47. The van der Waals surface area contributed by atoms with Gasteiger partial charge >= 0.3 is 0 Å². The van der Waals surface area contributed by atoms with Gasteiger partial charge in [-0.25, -0.2) is 4.98 Å². The predicted octanol–water partition coefficient (Wildman–Crippen LogP) is 2.92. The van der Waals surface area contributed by atoms with Crippen LogP contribution in [0.3, 0.4) is 0 Å². The number of thiazole rings is 1. The molecule has 9 nitrogen and oxygen atoms in total. The third-order valence-corrected chi connectivity index (χ3v) is 5.11. The standard InChI is InChI=1S/C17H20N4O5S.2ClH/c1-20(12-3-4-18-7-12)17(22)13-5-15(25-2)16(6-14(13)21(23)24)26-8-11-9-27-10-19-11;;/h5-6,9-10,12,18H,3-4,7-8H2,1-2H3;2*1H. The van der Waals surface area contributed by atoms with Crippen LogP contribution in [-0.2, 0) is 6.61 Å². The summed E-state index contributed by atoms with van der Waals surface area (Å²) in [6.07, 6.45) is 0.808. The summed E-state index contributed by atoms with van der Waals surface area (Å²) < 4.78 is 10.9. The number of nitrogens with zero attached hydrogens (tertiary/aromatic N) is 3. The van der Waals surface area contributed by atoms with Crippen LogP contribution in [0, 0.1) is 10.1 Å². The SMILES string of the molecule is COc1cc(C(=O)N(C)C2CCNC2)c([N+](=O)[O-])cc1OCc1cscn1.Cl.Cl. The second-order valence-electron chi connectivity index (χ2n) is 6.11. The Morgan fingerprint density at radius 1 is 1.41 bits per heavy atom. The van der Waals surface area contributed by atoms with Gasteiger partial charge in [0.1, 0.15) is 12.2 Å². The molecule has 1 saturated heterocycles. The van der Waals surface area contributed by atoms with E-state index in [1.165, 1.54) is 35.5 Å². The van der Waals surface area contributed by atoms with Gasteiger partial charge in [-0.2, -0.15) is 0 Å². The Morgan fingerprint density at radius 2 is 2.17 bits per heavy atom. The van der Waals surface area contributed by atoms with Crippen LogP contribution in [0.5, 0.6) is 11.5 Å². The summed E-state index contributed by atoms with van der Waals surface area (Å²) in [6, 6.07) is 2.61. The highest BCUT2D eigenvalue weighted by Crippen LogP contribution is 2.36. The Hall–Kier alpha value is -2.14. The van der Waals surface area contributed by atoms with Crippen LogP contribution >= 0.6 is 36.2 Å². The summed E-state index contributed by atoms with van der Waals surface area (Å²) in [5.41, 5.74) is 2.05. The molecule has 1 unspecified atom stereocenters. The Balaban J connectivity index is 0.00000210. The lowest BCUT2D eigenvalue weighted by Crippen LogP contribution is -2.38. The van der Waals surface area contributed by atoms with E-state index in [9.17, 15) is 14.9 Å². The number of hydrogen-bond acceptors (Lipinski definition) is 8. The molecule has 2 aromatic rings. The quantitative estimate of drug-likeness (QED) is 0.495. The van der Waals surface area contributed by atoms with Crippen molar-refractivity contribution in [2.24, 2.45) is 0 Å². The first kappa shape index (κ1) is 24.9. The topological polar surface area (TPSA) is 107 Å². The molecule has 0 radical (unpaired) electrons. The monoisotopic (exact) mass is 464 g/mol.